The highest BCUT2D eigenvalue weighted by Gasteiger charge is 2.12. The van der Waals surface area contributed by atoms with Crippen molar-refractivity contribution < 1.29 is 18.0 Å². The summed E-state index contributed by atoms with van der Waals surface area (Å²) in [6.45, 7) is 1.97. The van der Waals surface area contributed by atoms with Crippen LogP contribution in [0.1, 0.15) is 5.56 Å². The Balaban J connectivity index is 1.58. The van der Waals surface area contributed by atoms with Gasteiger partial charge in [-0.3, -0.25) is 4.79 Å². The third-order valence-electron chi connectivity index (χ3n) is 3.24. The van der Waals surface area contributed by atoms with Gasteiger partial charge < -0.3 is 9.73 Å². The van der Waals surface area contributed by atoms with Gasteiger partial charge in [0.2, 0.25) is 11.8 Å². The van der Waals surface area contributed by atoms with Crippen molar-refractivity contribution in [2.24, 2.45) is 0 Å². The van der Waals surface area contributed by atoms with Crippen LogP contribution in [0, 0.1) is 18.6 Å². The smallest absolute Gasteiger partial charge is 0.277 e. The number of amides is 1. The maximum absolute atomic E-state index is 13.5. The molecule has 25 heavy (non-hydrogen) atoms. The summed E-state index contributed by atoms with van der Waals surface area (Å²) >= 11 is 1.03. The van der Waals surface area contributed by atoms with Crippen molar-refractivity contribution in [3.8, 4) is 11.5 Å². The molecule has 128 valence electrons. The number of rotatable bonds is 5. The van der Waals surface area contributed by atoms with Crippen molar-refractivity contribution in [1.82, 2.24) is 10.2 Å². The molecule has 0 fully saturated rings. The fraction of sp³-hybridized carbons (Fsp3) is 0.118. The quantitative estimate of drug-likeness (QED) is 0.694. The van der Waals surface area contributed by atoms with Crippen molar-refractivity contribution in [2.45, 2.75) is 12.1 Å². The molecule has 0 atom stereocenters. The molecule has 0 saturated carbocycles. The van der Waals surface area contributed by atoms with Crippen LogP contribution in [-0.4, -0.2) is 21.9 Å². The van der Waals surface area contributed by atoms with Crippen LogP contribution >= 0.6 is 11.8 Å². The third-order valence-corrected chi connectivity index (χ3v) is 4.06. The lowest BCUT2D eigenvalue weighted by Gasteiger charge is -2.05. The Labute approximate surface area is 146 Å². The summed E-state index contributed by atoms with van der Waals surface area (Å²) in [5.74, 6) is -1.71. The first-order valence-electron chi connectivity index (χ1n) is 7.29. The van der Waals surface area contributed by atoms with Gasteiger partial charge in [0.25, 0.3) is 5.22 Å². The normalized spacial score (nSPS) is 10.7. The molecule has 1 heterocycles. The molecule has 0 spiro atoms. The van der Waals surface area contributed by atoms with E-state index >= 15 is 0 Å². The largest absolute Gasteiger partial charge is 0.411 e. The second-order valence-electron chi connectivity index (χ2n) is 5.20. The van der Waals surface area contributed by atoms with E-state index in [0.717, 1.165) is 35.0 Å². The van der Waals surface area contributed by atoms with E-state index in [1.165, 1.54) is 0 Å². The number of carbonyl (C=O) groups excluding carboxylic acids is 1. The minimum Gasteiger partial charge on any atom is -0.411 e. The molecule has 0 aliphatic carbocycles. The summed E-state index contributed by atoms with van der Waals surface area (Å²) < 4.78 is 31.8. The molecule has 3 aromatic rings. The molecule has 1 amide bonds. The van der Waals surface area contributed by atoms with E-state index < -0.39 is 17.5 Å². The van der Waals surface area contributed by atoms with Gasteiger partial charge in [0.1, 0.15) is 11.6 Å². The van der Waals surface area contributed by atoms with Gasteiger partial charge in [-0.05, 0) is 31.2 Å². The van der Waals surface area contributed by atoms with Crippen LogP contribution in [-0.2, 0) is 4.79 Å². The van der Waals surface area contributed by atoms with E-state index in [-0.39, 0.29) is 16.7 Å². The maximum Gasteiger partial charge on any atom is 0.277 e. The van der Waals surface area contributed by atoms with Crippen LogP contribution in [0.3, 0.4) is 0 Å². The number of nitrogens with zero attached hydrogens (tertiary/aromatic N) is 2. The molecule has 0 saturated heterocycles. The number of carbonyl (C=O) groups is 1. The van der Waals surface area contributed by atoms with Gasteiger partial charge in [-0.1, -0.05) is 29.5 Å². The molecule has 0 radical (unpaired) electrons. The number of aromatic nitrogens is 2. The average molecular weight is 361 g/mol. The van der Waals surface area contributed by atoms with Crippen molar-refractivity contribution in [2.75, 3.05) is 11.1 Å². The van der Waals surface area contributed by atoms with Gasteiger partial charge >= 0.3 is 0 Å². The number of aryl methyl sites for hydroxylation is 1. The lowest BCUT2D eigenvalue weighted by Crippen LogP contribution is -2.15. The van der Waals surface area contributed by atoms with Gasteiger partial charge in [0, 0.05) is 11.6 Å². The second kappa shape index (κ2) is 7.43. The number of hydrogen-bond donors (Lipinski definition) is 1. The fourth-order valence-corrected chi connectivity index (χ4v) is 2.55. The van der Waals surface area contributed by atoms with Gasteiger partial charge in [-0.2, -0.15) is 0 Å². The number of hydrogen-bond acceptors (Lipinski definition) is 5. The topological polar surface area (TPSA) is 68.0 Å². The number of nitrogens with one attached hydrogen (secondary N) is 1. The minimum absolute atomic E-state index is 0.0493. The zero-order valence-electron chi connectivity index (χ0n) is 13.1. The summed E-state index contributed by atoms with van der Waals surface area (Å²) in [7, 11) is 0. The fourth-order valence-electron chi connectivity index (χ4n) is 1.99. The molecule has 8 heteroatoms. The van der Waals surface area contributed by atoms with Crippen molar-refractivity contribution in [3.63, 3.8) is 0 Å². The van der Waals surface area contributed by atoms with Crippen LogP contribution < -0.4 is 5.32 Å². The van der Waals surface area contributed by atoms with Crippen molar-refractivity contribution in [1.29, 1.82) is 0 Å². The van der Waals surface area contributed by atoms with Crippen molar-refractivity contribution >= 4 is 23.4 Å². The van der Waals surface area contributed by atoms with E-state index in [9.17, 15) is 13.6 Å². The zero-order chi connectivity index (χ0) is 17.8. The Morgan fingerprint density at radius 1 is 1.16 bits per heavy atom. The highest BCUT2D eigenvalue weighted by molar-refractivity contribution is 7.99. The van der Waals surface area contributed by atoms with E-state index in [0.29, 0.717) is 12.0 Å². The molecule has 0 aliphatic rings. The van der Waals surface area contributed by atoms with Crippen molar-refractivity contribution in [3.05, 3.63) is 59.7 Å². The summed E-state index contributed by atoms with van der Waals surface area (Å²) in [6.07, 6.45) is 0. The molecule has 3 rings (SSSR count). The predicted octanol–water partition coefficient (Wildman–Crippen LogP) is 4.05. The Morgan fingerprint density at radius 3 is 2.64 bits per heavy atom. The zero-order valence-corrected chi connectivity index (χ0v) is 13.9. The van der Waals surface area contributed by atoms with Crippen LogP contribution in [0.15, 0.2) is 52.1 Å². The molecule has 0 aliphatic heterocycles. The lowest BCUT2D eigenvalue weighted by atomic mass is 10.1. The Morgan fingerprint density at radius 2 is 1.92 bits per heavy atom. The number of benzene rings is 2. The maximum atomic E-state index is 13.5. The Hall–Kier alpha value is -2.74. The lowest BCUT2D eigenvalue weighted by molar-refractivity contribution is -0.113. The number of halogens is 2. The first-order chi connectivity index (χ1) is 12.0. The highest BCUT2D eigenvalue weighted by atomic mass is 32.2. The average Bonchev–Trinajstić information content (AvgIpc) is 3.05. The van der Waals surface area contributed by atoms with Crippen LogP contribution in [0.4, 0.5) is 14.5 Å². The summed E-state index contributed by atoms with van der Waals surface area (Å²) in [4.78, 5) is 11.9. The van der Waals surface area contributed by atoms with Gasteiger partial charge in [0.05, 0.1) is 11.4 Å². The minimum atomic E-state index is -0.835. The molecule has 1 N–H and O–H groups in total. The third kappa shape index (κ3) is 4.42. The highest BCUT2D eigenvalue weighted by Crippen LogP contribution is 2.23. The SMILES string of the molecule is Cc1ccc(-c2nnc(SCC(=O)Nc3ccc(F)cc3F)o2)cc1. The van der Waals surface area contributed by atoms with Gasteiger partial charge in [-0.15, -0.1) is 10.2 Å². The first kappa shape index (κ1) is 17.1. The molecule has 0 bridgehead atoms. The van der Waals surface area contributed by atoms with E-state index in [1.807, 2.05) is 31.2 Å². The standard InChI is InChI=1S/C17H13F2N3O2S/c1-10-2-4-11(5-3-10)16-21-22-17(24-16)25-9-15(23)20-14-7-6-12(18)8-13(14)19/h2-8H,9H2,1H3,(H,20,23). The van der Waals surface area contributed by atoms with Crippen LogP contribution in [0.5, 0.6) is 0 Å². The Bertz CT molecular complexity index is 897. The summed E-state index contributed by atoms with van der Waals surface area (Å²) in [6, 6.07) is 10.5. The molecule has 2 aromatic carbocycles. The number of thioether (sulfide) groups is 1. The van der Waals surface area contributed by atoms with Gasteiger partial charge in [-0.25, -0.2) is 8.78 Å². The molecule has 1 aromatic heterocycles. The van der Waals surface area contributed by atoms with Crippen LogP contribution in [0.2, 0.25) is 0 Å². The molecular formula is C17H13F2N3O2S. The Kier molecular flexibility index (Phi) is 5.08. The summed E-state index contributed by atoms with van der Waals surface area (Å²) in [5.41, 5.74) is 1.81. The van der Waals surface area contributed by atoms with Crippen LogP contribution in [0.25, 0.3) is 11.5 Å². The first-order valence-corrected chi connectivity index (χ1v) is 8.28. The van der Waals surface area contributed by atoms with E-state index in [1.54, 1.807) is 0 Å². The molecular weight excluding hydrogens is 348 g/mol. The van der Waals surface area contributed by atoms with E-state index in [4.69, 9.17) is 4.42 Å². The monoisotopic (exact) mass is 361 g/mol. The summed E-state index contributed by atoms with van der Waals surface area (Å²) in [5, 5.41) is 10.4. The van der Waals surface area contributed by atoms with E-state index in [2.05, 4.69) is 15.5 Å². The number of anilines is 1. The molecule has 5 nitrogen and oxygen atoms in total. The molecule has 0 unspecified atom stereocenters. The van der Waals surface area contributed by atoms with Gasteiger partial charge in [0.15, 0.2) is 0 Å². The predicted molar refractivity (Wildman–Crippen MR) is 90.2 cm³/mol. The second-order valence-corrected chi connectivity index (χ2v) is 6.13.